The highest BCUT2D eigenvalue weighted by Crippen LogP contribution is 2.29. The molecule has 0 fully saturated rings. The summed E-state index contributed by atoms with van der Waals surface area (Å²) in [7, 11) is -2.67. The van der Waals surface area contributed by atoms with Gasteiger partial charge in [-0.05, 0) is 55.8 Å². The molecule has 0 saturated carbocycles. The van der Waals surface area contributed by atoms with Crippen molar-refractivity contribution >= 4 is 39.4 Å². The van der Waals surface area contributed by atoms with Crippen LogP contribution in [0, 0.1) is 13.8 Å². The molecule has 178 valence electrons. The Bertz CT molecular complexity index is 1320. The maximum atomic E-state index is 13.4. The van der Waals surface area contributed by atoms with E-state index in [1.54, 1.807) is 49.4 Å². The Labute approximate surface area is 203 Å². The summed E-state index contributed by atoms with van der Waals surface area (Å²) in [6, 6.07) is 15.9. The highest BCUT2D eigenvalue weighted by molar-refractivity contribution is 7.92. The number of aromatic hydroxyl groups is 1. The number of nitrogens with zero attached hydrogens (tertiary/aromatic N) is 2. The van der Waals surface area contributed by atoms with Crippen molar-refractivity contribution in [3.63, 3.8) is 0 Å². The van der Waals surface area contributed by atoms with Gasteiger partial charge in [0.05, 0.1) is 23.9 Å². The van der Waals surface area contributed by atoms with E-state index in [1.165, 1.54) is 31.5 Å². The van der Waals surface area contributed by atoms with E-state index < -0.39 is 22.5 Å². The Kier molecular flexibility index (Phi) is 7.80. The van der Waals surface area contributed by atoms with Crippen LogP contribution in [0.15, 0.2) is 70.7 Å². The molecule has 8 nitrogen and oxygen atoms in total. The van der Waals surface area contributed by atoms with Gasteiger partial charge >= 0.3 is 0 Å². The summed E-state index contributed by atoms with van der Waals surface area (Å²) in [4.78, 5) is 12.7. The van der Waals surface area contributed by atoms with Crippen molar-refractivity contribution in [2.24, 2.45) is 5.10 Å². The third-order valence-corrected chi connectivity index (χ3v) is 7.18. The van der Waals surface area contributed by atoms with Crippen LogP contribution in [0.5, 0.6) is 11.5 Å². The molecule has 1 amide bonds. The van der Waals surface area contributed by atoms with Crippen molar-refractivity contribution in [2.45, 2.75) is 18.7 Å². The Balaban J connectivity index is 1.87. The molecule has 3 aromatic carbocycles. The lowest BCUT2D eigenvalue weighted by atomic mass is 10.2. The standard InChI is InChI=1S/C24H24ClN3O5S/c1-16-7-11-20(12-8-16)34(31,32)28(19-10-9-17(2)21(25)13-19)15-23(29)27-26-14-18-5-4-6-22(33-3)24(18)30/h4-14,30H,15H2,1-3H3,(H,27,29)/b26-14-. The number of methoxy groups -OCH3 is 1. The van der Waals surface area contributed by atoms with Crippen LogP contribution in [0.4, 0.5) is 5.69 Å². The lowest BCUT2D eigenvalue weighted by molar-refractivity contribution is -0.119. The number of hydrogen-bond donors (Lipinski definition) is 2. The van der Waals surface area contributed by atoms with E-state index in [2.05, 4.69) is 10.5 Å². The second-order valence-corrected chi connectivity index (χ2v) is 9.72. The first-order chi connectivity index (χ1) is 16.1. The topological polar surface area (TPSA) is 108 Å². The summed E-state index contributed by atoms with van der Waals surface area (Å²) >= 11 is 6.22. The molecule has 3 rings (SSSR count). The minimum Gasteiger partial charge on any atom is -0.504 e. The molecule has 0 atom stereocenters. The lowest BCUT2D eigenvalue weighted by Gasteiger charge is -2.24. The fourth-order valence-electron chi connectivity index (χ4n) is 3.04. The number of ether oxygens (including phenoxy) is 1. The van der Waals surface area contributed by atoms with Gasteiger partial charge in [-0.25, -0.2) is 13.8 Å². The molecule has 0 radical (unpaired) electrons. The lowest BCUT2D eigenvalue weighted by Crippen LogP contribution is -2.39. The Morgan fingerprint density at radius 2 is 1.85 bits per heavy atom. The van der Waals surface area contributed by atoms with E-state index in [0.717, 1.165) is 15.4 Å². The normalized spacial score (nSPS) is 11.4. The van der Waals surface area contributed by atoms with Crippen molar-refractivity contribution in [3.8, 4) is 11.5 Å². The summed E-state index contributed by atoms with van der Waals surface area (Å²) in [6.45, 7) is 3.09. The molecule has 0 spiro atoms. The zero-order valence-electron chi connectivity index (χ0n) is 18.8. The average molecular weight is 502 g/mol. The van der Waals surface area contributed by atoms with Gasteiger partial charge in [0.1, 0.15) is 6.54 Å². The number of carbonyl (C=O) groups excluding carboxylic acids is 1. The van der Waals surface area contributed by atoms with Gasteiger partial charge in [0.15, 0.2) is 11.5 Å². The summed E-state index contributed by atoms with van der Waals surface area (Å²) in [6.07, 6.45) is 1.23. The summed E-state index contributed by atoms with van der Waals surface area (Å²) < 4.78 is 32.8. The molecule has 3 aromatic rings. The number of sulfonamides is 1. The van der Waals surface area contributed by atoms with Gasteiger partial charge in [-0.3, -0.25) is 9.10 Å². The van der Waals surface area contributed by atoms with Gasteiger partial charge in [0.25, 0.3) is 15.9 Å². The van der Waals surface area contributed by atoms with Crippen LogP contribution < -0.4 is 14.5 Å². The Hall–Kier alpha value is -3.56. The van der Waals surface area contributed by atoms with Crippen molar-refractivity contribution < 1.29 is 23.1 Å². The van der Waals surface area contributed by atoms with E-state index in [4.69, 9.17) is 16.3 Å². The predicted octanol–water partition coefficient (Wildman–Crippen LogP) is 4.02. The van der Waals surface area contributed by atoms with Crippen LogP contribution >= 0.6 is 11.6 Å². The maximum absolute atomic E-state index is 13.4. The number of amides is 1. The summed E-state index contributed by atoms with van der Waals surface area (Å²) in [5.74, 6) is -0.575. The summed E-state index contributed by atoms with van der Waals surface area (Å²) in [5, 5.41) is 14.3. The number of benzene rings is 3. The molecule has 0 unspecified atom stereocenters. The van der Waals surface area contributed by atoms with Crippen molar-refractivity contribution in [1.82, 2.24) is 5.43 Å². The third-order valence-electron chi connectivity index (χ3n) is 4.98. The molecule has 10 heteroatoms. The largest absolute Gasteiger partial charge is 0.504 e. The minimum absolute atomic E-state index is 0.0346. The Morgan fingerprint density at radius 1 is 1.15 bits per heavy atom. The quantitative estimate of drug-likeness (QED) is 0.358. The number of anilines is 1. The van der Waals surface area contributed by atoms with Gasteiger partial charge in [0.2, 0.25) is 0 Å². The van der Waals surface area contributed by atoms with Gasteiger partial charge < -0.3 is 9.84 Å². The van der Waals surface area contributed by atoms with E-state index in [0.29, 0.717) is 10.6 Å². The molecule has 0 aromatic heterocycles. The molecule has 2 N–H and O–H groups in total. The van der Waals surface area contributed by atoms with E-state index in [9.17, 15) is 18.3 Å². The number of phenolic OH excluding ortho intramolecular Hbond substituents is 1. The minimum atomic E-state index is -4.08. The monoisotopic (exact) mass is 501 g/mol. The van der Waals surface area contributed by atoms with Crippen LogP contribution in [0.2, 0.25) is 5.02 Å². The van der Waals surface area contributed by atoms with E-state index >= 15 is 0 Å². The third kappa shape index (κ3) is 5.67. The second kappa shape index (κ2) is 10.6. The Morgan fingerprint density at radius 3 is 2.50 bits per heavy atom. The number of rotatable bonds is 8. The van der Waals surface area contributed by atoms with Crippen LogP contribution in [0.3, 0.4) is 0 Å². The molecule has 0 aliphatic rings. The number of halogens is 1. The molecule has 0 aliphatic heterocycles. The van der Waals surface area contributed by atoms with E-state index in [-0.39, 0.29) is 22.1 Å². The molecule has 0 heterocycles. The highest BCUT2D eigenvalue weighted by atomic mass is 35.5. The van der Waals surface area contributed by atoms with Gasteiger partial charge in [-0.2, -0.15) is 5.10 Å². The van der Waals surface area contributed by atoms with Crippen LogP contribution in [0.1, 0.15) is 16.7 Å². The predicted molar refractivity (Wildman–Crippen MR) is 132 cm³/mol. The molecular weight excluding hydrogens is 478 g/mol. The SMILES string of the molecule is COc1cccc(/C=N\NC(=O)CN(c2ccc(C)c(Cl)c2)S(=O)(=O)c2ccc(C)cc2)c1O. The fourth-order valence-corrected chi connectivity index (χ4v) is 4.62. The van der Waals surface area contributed by atoms with Crippen LogP contribution in [-0.2, 0) is 14.8 Å². The zero-order valence-corrected chi connectivity index (χ0v) is 20.4. The second-order valence-electron chi connectivity index (χ2n) is 7.45. The van der Waals surface area contributed by atoms with Crippen molar-refractivity contribution in [3.05, 3.63) is 82.4 Å². The number of hydrogen-bond acceptors (Lipinski definition) is 6. The van der Waals surface area contributed by atoms with Gasteiger partial charge in [0, 0.05) is 10.6 Å². The van der Waals surface area contributed by atoms with Gasteiger partial charge in [-0.15, -0.1) is 0 Å². The van der Waals surface area contributed by atoms with Crippen molar-refractivity contribution in [1.29, 1.82) is 0 Å². The number of nitrogens with one attached hydrogen (secondary N) is 1. The molecular formula is C24H24ClN3O5S. The fraction of sp³-hybridized carbons (Fsp3) is 0.167. The molecule has 0 aliphatic carbocycles. The molecule has 34 heavy (non-hydrogen) atoms. The van der Waals surface area contributed by atoms with Gasteiger partial charge in [-0.1, -0.05) is 41.4 Å². The summed E-state index contributed by atoms with van der Waals surface area (Å²) in [5.41, 5.74) is 4.51. The smallest absolute Gasteiger partial charge is 0.264 e. The average Bonchev–Trinajstić information content (AvgIpc) is 2.80. The van der Waals surface area contributed by atoms with Crippen LogP contribution in [0.25, 0.3) is 0 Å². The molecule has 0 saturated heterocycles. The first kappa shape index (κ1) is 25.1. The van der Waals surface area contributed by atoms with Crippen LogP contribution in [-0.4, -0.2) is 39.3 Å². The molecule has 0 bridgehead atoms. The number of para-hydroxylation sites is 1. The number of phenols is 1. The number of hydrazone groups is 1. The number of aryl methyl sites for hydroxylation is 2. The maximum Gasteiger partial charge on any atom is 0.264 e. The number of carbonyl (C=O) groups is 1. The first-order valence-corrected chi connectivity index (χ1v) is 12.0. The first-order valence-electron chi connectivity index (χ1n) is 10.2. The van der Waals surface area contributed by atoms with E-state index in [1.807, 2.05) is 6.92 Å². The highest BCUT2D eigenvalue weighted by Gasteiger charge is 2.27. The van der Waals surface area contributed by atoms with Crippen molar-refractivity contribution in [2.75, 3.05) is 18.0 Å². The zero-order chi connectivity index (χ0) is 24.9.